The molecule has 2 heterocycles. The van der Waals surface area contributed by atoms with E-state index < -0.39 is 12.1 Å². The minimum absolute atomic E-state index is 0.0349. The van der Waals surface area contributed by atoms with Crippen molar-refractivity contribution in [2.45, 2.75) is 26.0 Å². The van der Waals surface area contributed by atoms with Gasteiger partial charge in [-0.15, -0.1) is 0 Å². The molecule has 0 radical (unpaired) electrons. The number of carbonyl (C=O) groups is 2. The molecule has 9 heteroatoms. The van der Waals surface area contributed by atoms with Crippen molar-refractivity contribution in [1.82, 2.24) is 14.8 Å². The molecular formula is C27H33N3O6. The van der Waals surface area contributed by atoms with E-state index in [4.69, 9.17) is 14.2 Å². The van der Waals surface area contributed by atoms with E-state index in [1.807, 2.05) is 31.2 Å². The summed E-state index contributed by atoms with van der Waals surface area (Å²) in [5, 5.41) is 9.82. The molecule has 2 aromatic rings. The van der Waals surface area contributed by atoms with Gasteiger partial charge in [-0.3, -0.25) is 9.59 Å². The standard InChI is InChI=1S/C27H33N3O6/c1-18-14-30(19(2)16-31)27(33)22-12-20(10-11-21-8-6-7-9-23(21)35-5)13-28-26(22)36-24(18)15-29(3)25(32)17-34-4/h6-9,12-13,18-19,24,31H,14-17H2,1-5H3/t18-,19-,24-/m1/s1. The fourth-order valence-corrected chi connectivity index (χ4v) is 3.88. The van der Waals surface area contributed by atoms with E-state index in [9.17, 15) is 14.7 Å². The molecular weight excluding hydrogens is 462 g/mol. The Hall–Kier alpha value is -3.61. The second-order valence-corrected chi connectivity index (χ2v) is 8.86. The zero-order chi connectivity index (χ0) is 26.2. The quantitative estimate of drug-likeness (QED) is 0.585. The van der Waals surface area contributed by atoms with Gasteiger partial charge in [0, 0.05) is 38.4 Å². The predicted molar refractivity (Wildman–Crippen MR) is 134 cm³/mol. The molecule has 0 saturated heterocycles. The zero-order valence-electron chi connectivity index (χ0n) is 21.4. The number of pyridine rings is 1. The van der Waals surface area contributed by atoms with Crippen molar-refractivity contribution in [1.29, 1.82) is 0 Å². The van der Waals surface area contributed by atoms with Crippen LogP contribution in [0.1, 0.15) is 35.3 Å². The molecule has 0 unspecified atom stereocenters. The molecule has 3 rings (SSSR count). The first-order valence-corrected chi connectivity index (χ1v) is 11.8. The third-order valence-electron chi connectivity index (χ3n) is 6.12. The lowest BCUT2D eigenvalue weighted by Crippen LogP contribution is -2.50. The number of fused-ring (bicyclic) bond motifs is 1. The van der Waals surface area contributed by atoms with Crippen molar-refractivity contribution in [2.75, 3.05) is 47.6 Å². The number of aliphatic hydroxyl groups is 1. The number of carbonyl (C=O) groups excluding carboxylic acids is 2. The van der Waals surface area contributed by atoms with Crippen LogP contribution in [0.15, 0.2) is 36.5 Å². The minimum Gasteiger partial charge on any atom is -0.495 e. The highest BCUT2D eigenvalue weighted by atomic mass is 16.5. The molecule has 1 aliphatic rings. The molecule has 0 bridgehead atoms. The number of aliphatic hydroxyl groups excluding tert-OH is 1. The van der Waals surface area contributed by atoms with Crippen LogP contribution in [0.3, 0.4) is 0 Å². The number of aromatic nitrogens is 1. The van der Waals surface area contributed by atoms with Gasteiger partial charge in [0.05, 0.1) is 31.9 Å². The van der Waals surface area contributed by atoms with E-state index in [-0.39, 0.29) is 48.9 Å². The first-order valence-electron chi connectivity index (χ1n) is 11.8. The highest BCUT2D eigenvalue weighted by molar-refractivity contribution is 5.97. The molecule has 1 aromatic heterocycles. The Kier molecular flexibility index (Phi) is 9.28. The average molecular weight is 496 g/mol. The molecule has 2 amide bonds. The van der Waals surface area contributed by atoms with Crippen LogP contribution in [0, 0.1) is 17.8 Å². The highest BCUT2D eigenvalue weighted by Gasteiger charge is 2.34. The van der Waals surface area contributed by atoms with Crippen molar-refractivity contribution in [2.24, 2.45) is 5.92 Å². The Labute approximate surface area is 212 Å². The second kappa shape index (κ2) is 12.4. The molecule has 0 aliphatic carbocycles. The van der Waals surface area contributed by atoms with Gasteiger partial charge in [-0.2, -0.15) is 0 Å². The molecule has 192 valence electrons. The summed E-state index contributed by atoms with van der Waals surface area (Å²) < 4.78 is 16.5. The summed E-state index contributed by atoms with van der Waals surface area (Å²) in [5.74, 6) is 6.31. The molecule has 9 nitrogen and oxygen atoms in total. The lowest BCUT2D eigenvalue weighted by molar-refractivity contribution is -0.135. The zero-order valence-corrected chi connectivity index (χ0v) is 21.4. The maximum Gasteiger partial charge on any atom is 0.259 e. The number of benzene rings is 1. The number of likely N-dealkylation sites (N-methyl/N-ethyl adjacent to an activating group) is 1. The van der Waals surface area contributed by atoms with Crippen LogP contribution in [-0.4, -0.2) is 91.4 Å². The largest absolute Gasteiger partial charge is 0.495 e. The molecule has 3 atom stereocenters. The van der Waals surface area contributed by atoms with E-state index in [1.54, 1.807) is 43.1 Å². The Morgan fingerprint density at radius 2 is 2.08 bits per heavy atom. The van der Waals surface area contributed by atoms with Crippen molar-refractivity contribution in [3.8, 4) is 23.5 Å². The summed E-state index contributed by atoms with van der Waals surface area (Å²) in [4.78, 5) is 33.4. The van der Waals surface area contributed by atoms with Crippen molar-refractivity contribution in [3.63, 3.8) is 0 Å². The van der Waals surface area contributed by atoms with Gasteiger partial charge in [0.2, 0.25) is 11.8 Å². The van der Waals surface area contributed by atoms with Gasteiger partial charge >= 0.3 is 0 Å². The van der Waals surface area contributed by atoms with Gasteiger partial charge in [0.1, 0.15) is 24.0 Å². The fourth-order valence-electron chi connectivity index (χ4n) is 3.88. The third kappa shape index (κ3) is 6.33. The fraction of sp³-hybridized carbons (Fsp3) is 0.444. The maximum absolute atomic E-state index is 13.5. The molecule has 1 aliphatic heterocycles. The SMILES string of the molecule is COCC(=O)N(C)C[C@H]1Oc2ncc(C#Cc3ccccc3OC)cc2C(=O)N([C@H](C)CO)C[C@H]1C. The molecule has 1 N–H and O–H groups in total. The van der Waals surface area contributed by atoms with Crippen molar-refractivity contribution in [3.05, 3.63) is 53.2 Å². The van der Waals surface area contributed by atoms with Gasteiger partial charge in [0.25, 0.3) is 5.91 Å². The maximum atomic E-state index is 13.5. The minimum atomic E-state index is -0.436. The van der Waals surface area contributed by atoms with E-state index in [1.165, 1.54) is 7.11 Å². The van der Waals surface area contributed by atoms with E-state index in [2.05, 4.69) is 16.8 Å². The van der Waals surface area contributed by atoms with Gasteiger partial charge in [-0.25, -0.2) is 4.98 Å². The second-order valence-electron chi connectivity index (χ2n) is 8.86. The van der Waals surface area contributed by atoms with Gasteiger partial charge in [-0.05, 0) is 25.1 Å². The lowest BCUT2D eigenvalue weighted by Gasteiger charge is -2.37. The van der Waals surface area contributed by atoms with Crippen LogP contribution in [0.25, 0.3) is 0 Å². The normalized spacial score (nSPS) is 18.1. The number of para-hydroxylation sites is 1. The molecule has 0 saturated carbocycles. The van der Waals surface area contributed by atoms with Crippen LogP contribution in [0.2, 0.25) is 0 Å². The average Bonchev–Trinajstić information content (AvgIpc) is 2.89. The summed E-state index contributed by atoms with van der Waals surface area (Å²) in [6, 6.07) is 8.64. The van der Waals surface area contributed by atoms with E-state index in [0.717, 1.165) is 0 Å². The van der Waals surface area contributed by atoms with Crippen LogP contribution < -0.4 is 9.47 Å². The smallest absolute Gasteiger partial charge is 0.259 e. The number of amides is 2. The Balaban J connectivity index is 1.98. The summed E-state index contributed by atoms with van der Waals surface area (Å²) in [6.45, 7) is 4.14. The highest BCUT2D eigenvalue weighted by Crippen LogP contribution is 2.27. The number of nitrogens with zero attached hydrogens (tertiary/aromatic N) is 3. The van der Waals surface area contributed by atoms with Crippen LogP contribution >= 0.6 is 0 Å². The molecule has 0 spiro atoms. The number of methoxy groups -OCH3 is 2. The number of ether oxygens (including phenoxy) is 3. The summed E-state index contributed by atoms with van der Waals surface area (Å²) in [5.41, 5.74) is 1.50. The number of hydrogen-bond acceptors (Lipinski definition) is 7. The van der Waals surface area contributed by atoms with E-state index >= 15 is 0 Å². The summed E-state index contributed by atoms with van der Waals surface area (Å²) in [7, 11) is 4.73. The predicted octanol–water partition coefficient (Wildman–Crippen LogP) is 1.81. The topological polar surface area (TPSA) is 101 Å². The first kappa shape index (κ1) is 27.0. The van der Waals surface area contributed by atoms with Crippen molar-refractivity contribution >= 4 is 11.8 Å². The molecule has 36 heavy (non-hydrogen) atoms. The Morgan fingerprint density at radius 1 is 1.33 bits per heavy atom. The third-order valence-corrected chi connectivity index (χ3v) is 6.12. The van der Waals surface area contributed by atoms with Crippen LogP contribution in [0.4, 0.5) is 0 Å². The monoisotopic (exact) mass is 495 g/mol. The number of hydrogen-bond donors (Lipinski definition) is 1. The Bertz CT molecular complexity index is 1140. The Morgan fingerprint density at radius 3 is 2.78 bits per heavy atom. The number of rotatable bonds is 7. The molecule has 1 aromatic carbocycles. The van der Waals surface area contributed by atoms with E-state index in [0.29, 0.717) is 23.4 Å². The van der Waals surface area contributed by atoms with Crippen LogP contribution in [0.5, 0.6) is 11.6 Å². The van der Waals surface area contributed by atoms with Gasteiger partial charge < -0.3 is 29.1 Å². The molecule has 0 fully saturated rings. The summed E-state index contributed by atoms with van der Waals surface area (Å²) >= 11 is 0. The van der Waals surface area contributed by atoms with Gasteiger partial charge in [-0.1, -0.05) is 30.9 Å². The summed E-state index contributed by atoms with van der Waals surface area (Å²) in [6.07, 6.45) is 1.12. The van der Waals surface area contributed by atoms with Gasteiger partial charge in [0.15, 0.2) is 0 Å². The lowest BCUT2D eigenvalue weighted by atomic mass is 10.00. The van der Waals surface area contributed by atoms with Crippen LogP contribution in [-0.2, 0) is 9.53 Å². The first-order chi connectivity index (χ1) is 17.3. The van der Waals surface area contributed by atoms with Crippen molar-refractivity contribution < 1.29 is 28.9 Å².